The molecule has 73 heavy (non-hydrogen) atoms. The second kappa shape index (κ2) is 61.7. The molecule has 6 nitrogen and oxygen atoms in total. The topological polar surface area (TPSA) is 78.9 Å². The monoisotopic (exact) mass is 1020 g/mol. The van der Waals surface area contributed by atoms with Gasteiger partial charge in [-0.15, -0.1) is 0 Å². The lowest BCUT2D eigenvalue weighted by Gasteiger charge is -2.18. The highest BCUT2D eigenvalue weighted by atomic mass is 16.6. The summed E-state index contributed by atoms with van der Waals surface area (Å²) in [6, 6.07) is 0. The van der Waals surface area contributed by atoms with Gasteiger partial charge in [0.25, 0.3) is 0 Å². The summed E-state index contributed by atoms with van der Waals surface area (Å²) >= 11 is 0. The minimum Gasteiger partial charge on any atom is -0.462 e. The molecule has 0 aromatic carbocycles. The second-order valence-corrected chi connectivity index (χ2v) is 21.3. The van der Waals surface area contributed by atoms with E-state index in [-0.39, 0.29) is 31.1 Å². The van der Waals surface area contributed by atoms with Gasteiger partial charge in [0.2, 0.25) is 0 Å². The third kappa shape index (κ3) is 59.9. The maximum absolute atomic E-state index is 12.9. The summed E-state index contributed by atoms with van der Waals surface area (Å²) in [5, 5.41) is 0. The van der Waals surface area contributed by atoms with Gasteiger partial charge in [-0.2, -0.15) is 0 Å². The third-order valence-corrected chi connectivity index (χ3v) is 14.0. The van der Waals surface area contributed by atoms with E-state index in [0.717, 1.165) is 77.0 Å². The molecule has 0 amide bonds. The predicted molar refractivity (Wildman–Crippen MR) is 316 cm³/mol. The Morgan fingerprint density at radius 2 is 0.493 bits per heavy atom. The smallest absolute Gasteiger partial charge is 0.306 e. The molecule has 0 fully saturated rings. The molecule has 0 aromatic rings. The molecule has 0 radical (unpaired) electrons. The molecule has 1 unspecified atom stereocenters. The highest BCUT2D eigenvalue weighted by Crippen LogP contribution is 2.16. The summed E-state index contributed by atoms with van der Waals surface area (Å²) in [5.41, 5.74) is 0. The molecule has 0 saturated carbocycles. The van der Waals surface area contributed by atoms with Crippen LogP contribution in [0.1, 0.15) is 329 Å². The van der Waals surface area contributed by atoms with Crippen LogP contribution in [0.5, 0.6) is 0 Å². The van der Waals surface area contributed by atoms with Gasteiger partial charge in [-0.25, -0.2) is 0 Å². The largest absolute Gasteiger partial charge is 0.462 e. The van der Waals surface area contributed by atoms with Crippen molar-refractivity contribution in [2.45, 2.75) is 335 Å². The fourth-order valence-corrected chi connectivity index (χ4v) is 9.15. The number of carbonyl (C=O) groups excluding carboxylic acids is 3. The van der Waals surface area contributed by atoms with Crippen LogP contribution in [-0.4, -0.2) is 37.2 Å². The third-order valence-electron chi connectivity index (χ3n) is 14.0. The molecule has 6 heteroatoms. The van der Waals surface area contributed by atoms with Crippen molar-refractivity contribution in [3.63, 3.8) is 0 Å². The molecule has 0 saturated heterocycles. The summed E-state index contributed by atoms with van der Waals surface area (Å²) in [6.45, 7) is 6.62. The Kier molecular flexibility index (Phi) is 59.2. The molecular weight excluding hydrogens is 901 g/mol. The lowest BCUT2D eigenvalue weighted by Crippen LogP contribution is -2.30. The van der Waals surface area contributed by atoms with Gasteiger partial charge in [0, 0.05) is 19.3 Å². The second-order valence-electron chi connectivity index (χ2n) is 21.3. The zero-order valence-electron chi connectivity index (χ0n) is 48.7. The van der Waals surface area contributed by atoms with Crippen LogP contribution in [0.4, 0.5) is 0 Å². The van der Waals surface area contributed by atoms with Crippen LogP contribution in [0, 0.1) is 0 Å². The van der Waals surface area contributed by atoms with E-state index in [1.807, 2.05) is 0 Å². The lowest BCUT2D eigenvalue weighted by atomic mass is 10.0. The number of hydrogen-bond acceptors (Lipinski definition) is 6. The number of ether oxygens (including phenoxy) is 3. The van der Waals surface area contributed by atoms with Crippen molar-refractivity contribution in [3.8, 4) is 0 Å². The van der Waals surface area contributed by atoms with Crippen LogP contribution < -0.4 is 0 Å². The van der Waals surface area contributed by atoms with Crippen LogP contribution in [0.25, 0.3) is 0 Å². The minimum atomic E-state index is -0.781. The molecule has 424 valence electrons. The number of allylic oxidation sites excluding steroid dienone is 10. The SMILES string of the molecule is CCCCC/C=C\C/C=C\CCCCCCCCCCCC(=O)OC(COC(=O)CCCCCCC/C=C\CCCCCC)COC(=O)CCCCCCCCCCCCC/C=C\C/C=C\CCCCCCC. The molecule has 0 heterocycles. The van der Waals surface area contributed by atoms with E-state index in [9.17, 15) is 14.4 Å². The quantitative estimate of drug-likeness (QED) is 0.0261. The van der Waals surface area contributed by atoms with E-state index in [2.05, 4.69) is 81.5 Å². The first-order valence-corrected chi connectivity index (χ1v) is 31.8. The van der Waals surface area contributed by atoms with Crippen molar-refractivity contribution < 1.29 is 28.6 Å². The standard InChI is InChI=1S/C67H120O6/c1-4-7-10-13-16-19-22-25-27-29-31-32-33-34-36-37-39-42-45-48-51-54-57-60-66(69)72-63-64(62-71-65(68)59-56-53-50-47-44-41-24-21-18-15-12-9-6-3)73-67(70)61-58-55-52-49-46-43-40-38-35-30-28-26-23-20-17-14-11-8-5-2/h17,20-22,24-26,28-29,31,64H,4-16,18-19,23,27,30,32-63H2,1-3H3/b20-17-,24-21-,25-22-,28-26-,31-29-. The molecule has 0 spiro atoms. The molecule has 0 aliphatic carbocycles. The Balaban J connectivity index is 4.31. The summed E-state index contributed by atoms with van der Waals surface area (Å²) < 4.78 is 16.9. The van der Waals surface area contributed by atoms with Crippen molar-refractivity contribution in [2.24, 2.45) is 0 Å². The van der Waals surface area contributed by atoms with Crippen LogP contribution in [0.15, 0.2) is 60.8 Å². The molecule has 0 aromatic heterocycles. The summed E-state index contributed by atoms with van der Waals surface area (Å²) in [6.07, 6.45) is 77.9. The Morgan fingerprint density at radius 3 is 0.808 bits per heavy atom. The summed E-state index contributed by atoms with van der Waals surface area (Å²) in [7, 11) is 0. The average Bonchev–Trinajstić information content (AvgIpc) is 3.39. The lowest BCUT2D eigenvalue weighted by molar-refractivity contribution is -0.167. The van der Waals surface area contributed by atoms with Crippen molar-refractivity contribution in [2.75, 3.05) is 13.2 Å². The van der Waals surface area contributed by atoms with Crippen molar-refractivity contribution in [3.05, 3.63) is 60.8 Å². The number of carbonyl (C=O) groups is 3. The van der Waals surface area contributed by atoms with Crippen molar-refractivity contribution in [1.82, 2.24) is 0 Å². The van der Waals surface area contributed by atoms with Crippen molar-refractivity contribution in [1.29, 1.82) is 0 Å². The van der Waals surface area contributed by atoms with Gasteiger partial charge in [0.1, 0.15) is 13.2 Å². The Bertz CT molecular complexity index is 1310. The van der Waals surface area contributed by atoms with Crippen LogP contribution in [-0.2, 0) is 28.6 Å². The molecule has 0 aliphatic rings. The Hall–Kier alpha value is -2.89. The van der Waals surface area contributed by atoms with Crippen molar-refractivity contribution >= 4 is 17.9 Å². The van der Waals surface area contributed by atoms with E-state index in [0.29, 0.717) is 19.3 Å². The highest BCUT2D eigenvalue weighted by molar-refractivity contribution is 5.71. The van der Waals surface area contributed by atoms with Crippen LogP contribution >= 0.6 is 0 Å². The van der Waals surface area contributed by atoms with Crippen LogP contribution in [0.2, 0.25) is 0 Å². The van der Waals surface area contributed by atoms with Crippen LogP contribution in [0.3, 0.4) is 0 Å². The van der Waals surface area contributed by atoms with Gasteiger partial charge in [-0.3, -0.25) is 14.4 Å². The number of rotatable bonds is 58. The van der Waals surface area contributed by atoms with Gasteiger partial charge in [-0.1, -0.05) is 261 Å². The number of hydrogen-bond donors (Lipinski definition) is 0. The number of esters is 3. The number of unbranched alkanes of at least 4 members (excludes halogenated alkanes) is 37. The Labute approximate surface area is 453 Å². The average molecular weight is 1020 g/mol. The first-order valence-electron chi connectivity index (χ1n) is 31.8. The fourth-order valence-electron chi connectivity index (χ4n) is 9.15. The molecular formula is C67H120O6. The summed E-state index contributed by atoms with van der Waals surface area (Å²) in [5.74, 6) is -0.878. The summed E-state index contributed by atoms with van der Waals surface area (Å²) in [4.78, 5) is 38.3. The van der Waals surface area contributed by atoms with Gasteiger partial charge >= 0.3 is 17.9 Å². The maximum Gasteiger partial charge on any atom is 0.306 e. The normalized spacial score (nSPS) is 12.4. The first-order chi connectivity index (χ1) is 36.0. The predicted octanol–water partition coefficient (Wildman–Crippen LogP) is 21.6. The van der Waals surface area contributed by atoms with Gasteiger partial charge in [0.05, 0.1) is 0 Å². The van der Waals surface area contributed by atoms with E-state index in [1.165, 1.54) is 212 Å². The zero-order chi connectivity index (χ0) is 52.9. The van der Waals surface area contributed by atoms with Gasteiger partial charge in [0.15, 0.2) is 6.10 Å². The highest BCUT2D eigenvalue weighted by Gasteiger charge is 2.19. The minimum absolute atomic E-state index is 0.0779. The molecule has 0 N–H and O–H groups in total. The molecule has 0 aliphatic heterocycles. The van der Waals surface area contributed by atoms with E-state index in [1.54, 1.807) is 0 Å². The molecule has 0 bridgehead atoms. The zero-order valence-corrected chi connectivity index (χ0v) is 48.7. The first kappa shape index (κ1) is 70.1. The maximum atomic E-state index is 12.9. The van der Waals surface area contributed by atoms with E-state index < -0.39 is 6.10 Å². The fraction of sp³-hybridized carbons (Fsp3) is 0.806. The Morgan fingerprint density at radius 1 is 0.274 bits per heavy atom. The molecule has 1 atom stereocenters. The molecule has 0 rings (SSSR count). The van der Waals surface area contributed by atoms with Gasteiger partial charge in [-0.05, 0) is 109 Å². The van der Waals surface area contributed by atoms with E-state index in [4.69, 9.17) is 14.2 Å². The van der Waals surface area contributed by atoms with E-state index >= 15 is 0 Å². The van der Waals surface area contributed by atoms with Gasteiger partial charge < -0.3 is 14.2 Å².